The minimum atomic E-state index is 1.12. The highest BCUT2D eigenvalue weighted by Crippen LogP contribution is 2.43. The lowest BCUT2D eigenvalue weighted by Crippen LogP contribution is -1.89. The third-order valence-electron chi connectivity index (χ3n) is 2.25. The van der Waals surface area contributed by atoms with E-state index in [9.17, 15) is 0 Å². The van der Waals surface area contributed by atoms with Gasteiger partial charge in [-0.3, -0.25) is 0 Å². The first-order valence-electron chi connectivity index (χ1n) is 4.88. The molecule has 0 aliphatic heterocycles. The molecule has 1 rings (SSSR count). The maximum atomic E-state index is 2.75. The van der Waals surface area contributed by atoms with Crippen molar-refractivity contribution in [3.63, 3.8) is 0 Å². The van der Waals surface area contributed by atoms with Gasteiger partial charge in [0.15, 0.2) is 0 Å². The molecule has 0 aromatic heterocycles. The van der Waals surface area contributed by atoms with Crippen molar-refractivity contribution >= 4 is 0 Å². The summed E-state index contributed by atoms with van der Waals surface area (Å²) in [5.74, 6) is 2.25. The highest BCUT2D eigenvalue weighted by atomic mass is 14.7. The molecule has 0 amide bonds. The summed E-state index contributed by atoms with van der Waals surface area (Å²) in [6, 6.07) is 0. The lowest BCUT2D eigenvalue weighted by atomic mass is 10.2. The molecule has 1 aliphatic rings. The van der Waals surface area contributed by atoms with Crippen LogP contribution in [0.5, 0.6) is 0 Å². The summed E-state index contributed by atoms with van der Waals surface area (Å²) in [5.41, 5.74) is 0. The first kappa shape index (κ1) is 11.0. The van der Waals surface area contributed by atoms with E-state index in [0.717, 1.165) is 11.8 Å². The highest BCUT2D eigenvalue weighted by Gasteiger charge is 2.33. The average Bonchev–Trinajstić information content (AvgIpc) is 2.70. The predicted molar refractivity (Wildman–Crippen MR) is 51.8 cm³/mol. The van der Waals surface area contributed by atoms with Gasteiger partial charge in [-0.15, -0.1) is 0 Å². The number of hydrogen-bond donors (Lipinski definition) is 1. The second-order valence-corrected chi connectivity index (χ2v) is 3.45. The molecule has 11 heavy (non-hydrogen) atoms. The van der Waals surface area contributed by atoms with Gasteiger partial charge in [-0.25, -0.2) is 0 Å². The summed E-state index contributed by atoms with van der Waals surface area (Å²) in [6.45, 7) is 4.59. The smallest absolute Gasteiger partial charge is 0.0167 e. The van der Waals surface area contributed by atoms with Gasteiger partial charge in [0.05, 0.1) is 0 Å². The summed E-state index contributed by atoms with van der Waals surface area (Å²) in [6.07, 6.45) is 5.83. The Morgan fingerprint density at radius 2 is 1.73 bits per heavy atom. The zero-order chi connectivity index (χ0) is 8.69. The van der Waals surface area contributed by atoms with Crippen molar-refractivity contribution in [1.29, 1.82) is 0 Å². The summed E-state index contributed by atoms with van der Waals surface area (Å²) >= 11 is 0. The van der Waals surface area contributed by atoms with E-state index in [0.29, 0.717) is 0 Å². The van der Waals surface area contributed by atoms with E-state index >= 15 is 0 Å². The van der Waals surface area contributed by atoms with Gasteiger partial charge in [0, 0.05) is 0 Å². The largest absolute Gasteiger partial charge is 0.323 e. The Labute approximate surface area is 71.6 Å². The molecule has 1 fully saturated rings. The van der Waals surface area contributed by atoms with Crippen molar-refractivity contribution in [2.75, 3.05) is 14.1 Å². The molecule has 0 saturated heterocycles. The Morgan fingerprint density at radius 1 is 1.18 bits per heavy atom. The van der Waals surface area contributed by atoms with Crippen LogP contribution in [0.15, 0.2) is 0 Å². The molecular weight excluding hydrogens is 134 g/mol. The third kappa shape index (κ3) is 5.25. The fourth-order valence-corrected chi connectivity index (χ4v) is 1.53. The zero-order valence-corrected chi connectivity index (χ0v) is 8.48. The molecule has 0 spiro atoms. The Kier molecular flexibility index (Phi) is 6.63. The molecule has 2 atom stereocenters. The molecule has 0 radical (unpaired) electrons. The van der Waals surface area contributed by atoms with E-state index in [1.54, 1.807) is 0 Å². The van der Waals surface area contributed by atoms with Crippen molar-refractivity contribution in [3.8, 4) is 0 Å². The van der Waals surface area contributed by atoms with Crippen LogP contribution < -0.4 is 5.32 Å². The number of hydrogen-bond acceptors (Lipinski definition) is 1. The van der Waals surface area contributed by atoms with E-state index in [1.807, 2.05) is 14.1 Å². The van der Waals surface area contributed by atoms with Crippen LogP contribution in [0.1, 0.15) is 39.5 Å². The number of nitrogens with one attached hydrogen (secondary N) is 1. The van der Waals surface area contributed by atoms with E-state index in [-0.39, 0.29) is 0 Å². The minimum Gasteiger partial charge on any atom is -0.323 e. The van der Waals surface area contributed by atoms with Gasteiger partial charge in [-0.2, -0.15) is 0 Å². The van der Waals surface area contributed by atoms with Crippen LogP contribution in [-0.4, -0.2) is 14.1 Å². The van der Waals surface area contributed by atoms with Crippen LogP contribution in [0, 0.1) is 11.8 Å². The van der Waals surface area contributed by atoms with Crippen molar-refractivity contribution in [2.24, 2.45) is 11.8 Å². The Hall–Kier alpha value is -0.0400. The first-order valence-corrected chi connectivity index (χ1v) is 4.88. The van der Waals surface area contributed by atoms with Gasteiger partial charge in [0.2, 0.25) is 0 Å². The topological polar surface area (TPSA) is 12.0 Å². The fraction of sp³-hybridized carbons (Fsp3) is 1.00. The van der Waals surface area contributed by atoms with E-state index in [4.69, 9.17) is 0 Å². The Balaban J connectivity index is 0.000000292. The van der Waals surface area contributed by atoms with Crippen molar-refractivity contribution in [1.82, 2.24) is 5.32 Å². The molecular formula is C10H23N. The third-order valence-corrected chi connectivity index (χ3v) is 2.25. The van der Waals surface area contributed by atoms with Gasteiger partial charge in [-0.05, 0) is 32.4 Å². The summed E-state index contributed by atoms with van der Waals surface area (Å²) in [5, 5.41) is 2.75. The van der Waals surface area contributed by atoms with E-state index < -0.39 is 0 Å². The van der Waals surface area contributed by atoms with Gasteiger partial charge in [0.25, 0.3) is 0 Å². The van der Waals surface area contributed by atoms with Crippen molar-refractivity contribution in [3.05, 3.63) is 0 Å². The molecule has 68 valence electrons. The molecule has 0 bridgehead atoms. The molecule has 0 aromatic rings. The maximum absolute atomic E-state index is 2.75. The zero-order valence-electron chi connectivity index (χ0n) is 8.48. The SMILES string of the molecule is CCCC1CC1CC.CNC. The molecule has 0 heterocycles. The quantitative estimate of drug-likeness (QED) is 0.664. The summed E-state index contributed by atoms with van der Waals surface area (Å²) in [7, 11) is 3.75. The fourth-order valence-electron chi connectivity index (χ4n) is 1.53. The van der Waals surface area contributed by atoms with Gasteiger partial charge >= 0.3 is 0 Å². The molecule has 1 nitrogen and oxygen atoms in total. The monoisotopic (exact) mass is 157 g/mol. The molecule has 1 saturated carbocycles. The van der Waals surface area contributed by atoms with Crippen LogP contribution in [-0.2, 0) is 0 Å². The Morgan fingerprint density at radius 3 is 2.00 bits per heavy atom. The van der Waals surface area contributed by atoms with Gasteiger partial charge < -0.3 is 5.32 Å². The maximum Gasteiger partial charge on any atom is -0.0167 e. The normalized spacial score (nSPS) is 27.3. The standard InChI is InChI=1S/C8H16.C2H7N/c1-3-5-8-6-7(8)4-2;1-3-2/h7-8H,3-6H2,1-2H3;3H,1-2H3. The summed E-state index contributed by atoms with van der Waals surface area (Å²) in [4.78, 5) is 0. The first-order chi connectivity index (χ1) is 5.29. The lowest BCUT2D eigenvalue weighted by Gasteiger charge is -1.90. The molecule has 1 heteroatoms. The van der Waals surface area contributed by atoms with Crippen molar-refractivity contribution < 1.29 is 0 Å². The van der Waals surface area contributed by atoms with Crippen molar-refractivity contribution in [2.45, 2.75) is 39.5 Å². The highest BCUT2D eigenvalue weighted by molar-refractivity contribution is 4.83. The van der Waals surface area contributed by atoms with Crippen LogP contribution in [0.3, 0.4) is 0 Å². The van der Waals surface area contributed by atoms with Crippen LogP contribution >= 0.6 is 0 Å². The summed E-state index contributed by atoms with van der Waals surface area (Å²) < 4.78 is 0. The van der Waals surface area contributed by atoms with Crippen LogP contribution in [0.4, 0.5) is 0 Å². The van der Waals surface area contributed by atoms with Crippen LogP contribution in [0.2, 0.25) is 0 Å². The molecule has 1 N–H and O–H groups in total. The lowest BCUT2D eigenvalue weighted by molar-refractivity contribution is 0.621. The van der Waals surface area contributed by atoms with E-state index in [2.05, 4.69) is 19.2 Å². The molecule has 0 aromatic carbocycles. The van der Waals surface area contributed by atoms with Crippen LogP contribution in [0.25, 0.3) is 0 Å². The predicted octanol–water partition coefficient (Wildman–Crippen LogP) is 2.67. The second-order valence-electron chi connectivity index (χ2n) is 3.45. The van der Waals surface area contributed by atoms with E-state index in [1.165, 1.54) is 25.7 Å². The molecule has 2 unspecified atom stereocenters. The average molecular weight is 157 g/mol. The van der Waals surface area contributed by atoms with Gasteiger partial charge in [0.1, 0.15) is 0 Å². The second kappa shape index (κ2) is 6.66. The molecule has 1 aliphatic carbocycles. The number of rotatable bonds is 3. The van der Waals surface area contributed by atoms with Gasteiger partial charge in [-0.1, -0.05) is 33.1 Å². The Bertz CT molecular complexity index is 80.9. The minimum absolute atomic E-state index is 1.12.